The number of carbonyl (C=O) groups is 3. The molecule has 25 heavy (non-hydrogen) atoms. The summed E-state index contributed by atoms with van der Waals surface area (Å²) < 4.78 is 0. The van der Waals surface area contributed by atoms with Gasteiger partial charge in [0, 0.05) is 43.9 Å². The highest BCUT2D eigenvalue weighted by Gasteiger charge is 2.28. The predicted molar refractivity (Wildman–Crippen MR) is 94.1 cm³/mol. The van der Waals surface area contributed by atoms with Crippen molar-refractivity contribution in [3.05, 3.63) is 29.8 Å². The molecule has 1 aromatic rings. The fraction of sp³-hybridized carbons (Fsp3) is 0.500. The van der Waals surface area contributed by atoms with Crippen LogP contribution in [0.5, 0.6) is 0 Å². The van der Waals surface area contributed by atoms with Gasteiger partial charge in [0.25, 0.3) is 0 Å². The lowest BCUT2D eigenvalue weighted by molar-refractivity contribution is -0.128. The van der Waals surface area contributed by atoms with E-state index >= 15 is 0 Å². The number of urea groups is 1. The average Bonchev–Trinajstić information content (AvgIpc) is 3.00. The van der Waals surface area contributed by atoms with Crippen LogP contribution in [-0.2, 0) is 4.79 Å². The SMILES string of the molecule is NC(=O)c1cccc(NC(=O)N2CCC[C@@H](CN3CCCC3=O)C2)c1. The first-order valence-corrected chi connectivity index (χ1v) is 8.76. The number of nitrogens with one attached hydrogen (secondary N) is 1. The molecule has 2 saturated heterocycles. The summed E-state index contributed by atoms with van der Waals surface area (Å²) in [5, 5.41) is 2.83. The first-order chi connectivity index (χ1) is 12.0. The zero-order valence-electron chi connectivity index (χ0n) is 14.2. The first kappa shape index (κ1) is 17.3. The molecule has 1 atom stereocenters. The minimum absolute atomic E-state index is 0.181. The smallest absolute Gasteiger partial charge is 0.321 e. The largest absolute Gasteiger partial charge is 0.366 e. The van der Waals surface area contributed by atoms with Crippen LogP contribution in [0.3, 0.4) is 0 Å². The second-order valence-corrected chi connectivity index (χ2v) is 6.77. The highest BCUT2D eigenvalue weighted by Crippen LogP contribution is 2.21. The molecule has 0 aliphatic carbocycles. The number of nitrogens with two attached hydrogens (primary N) is 1. The zero-order chi connectivity index (χ0) is 17.8. The summed E-state index contributed by atoms with van der Waals surface area (Å²) in [5.41, 5.74) is 6.19. The summed E-state index contributed by atoms with van der Waals surface area (Å²) in [5.74, 6) is 0.0211. The number of nitrogens with zero attached hydrogens (tertiary/aromatic N) is 2. The van der Waals surface area contributed by atoms with E-state index in [0.29, 0.717) is 36.7 Å². The van der Waals surface area contributed by atoms with Gasteiger partial charge in [-0.3, -0.25) is 9.59 Å². The monoisotopic (exact) mass is 344 g/mol. The van der Waals surface area contributed by atoms with E-state index in [4.69, 9.17) is 5.73 Å². The van der Waals surface area contributed by atoms with Gasteiger partial charge in [0.2, 0.25) is 11.8 Å². The maximum atomic E-state index is 12.5. The molecule has 4 amide bonds. The molecule has 0 saturated carbocycles. The van der Waals surface area contributed by atoms with Gasteiger partial charge >= 0.3 is 6.03 Å². The molecule has 2 heterocycles. The van der Waals surface area contributed by atoms with Crippen molar-refractivity contribution in [2.24, 2.45) is 11.7 Å². The number of hydrogen-bond acceptors (Lipinski definition) is 3. The van der Waals surface area contributed by atoms with Crippen molar-refractivity contribution in [2.75, 3.05) is 31.5 Å². The number of benzene rings is 1. The Balaban J connectivity index is 1.57. The number of amides is 4. The Labute approximate surface area is 147 Å². The van der Waals surface area contributed by atoms with Crippen molar-refractivity contribution >= 4 is 23.5 Å². The van der Waals surface area contributed by atoms with Crippen molar-refractivity contribution in [3.8, 4) is 0 Å². The number of hydrogen-bond donors (Lipinski definition) is 2. The fourth-order valence-corrected chi connectivity index (χ4v) is 3.56. The Morgan fingerprint density at radius 1 is 1.24 bits per heavy atom. The van der Waals surface area contributed by atoms with Crippen molar-refractivity contribution in [3.63, 3.8) is 0 Å². The summed E-state index contributed by atoms with van der Waals surface area (Å²) in [6.45, 7) is 2.91. The Bertz CT molecular complexity index is 676. The van der Waals surface area contributed by atoms with Gasteiger partial charge in [-0.15, -0.1) is 0 Å². The highest BCUT2D eigenvalue weighted by molar-refractivity contribution is 5.95. The van der Waals surface area contributed by atoms with Gasteiger partial charge in [-0.25, -0.2) is 4.79 Å². The number of anilines is 1. The molecule has 0 radical (unpaired) electrons. The van der Waals surface area contributed by atoms with Crippen molar-refractivity contribution < 1.29 is 14.4 Å². The molecule has 0 aromatic heterocycles. The van der Waals surface area contributed by atoms with E-state index in [1.165, 1.54) is 0 Å². The van der Waals surface area contributed by atoms with E-state index in [1.807, 2.05) is 4.90 Å². The minimum atomic E-state index is -0.524. The quantitative estimate of drug-likeness (QED) is 0.869. The summed E-state index contributed by atoms with van der Waals surface area (Å²) in [6.07, 6.45) is 3.55. The standard InChI is InChI=1S/C18H24N4O3/c19-17(24)14-5-1-6-15(10-14)20-18(25)22-9-2-4-13(12-22)11-21-8-3-7-16(21)23/h1,5-6,10,13H,2-4,7-9,11-12H2,(H2,19,24)(H,20,25)/t13-/m0/s1. The van der Waals surface area contributed by atoms with Gasteiger partial charge in [0.15, 0.2) is 0 Å². The summed E-state index contributed by atoms with van der Waals surface area (Å²) in [7, 11) is 0. The van der Waals surface area contributed by atoms with E-state index in [2.05, 4.69) is 5.32 Å². The second-order valence-electron chi connectivity index (χ2n) is 6.77. The van der Waals surface area contributed by atoms with Gasteiger partial charge in [-0.1, -0.05) is 6.07 Å². The number of piperidine rings is 1. The Morgan fingerprint density at radius 2 is 2.08 bits per heavy atom. The Morgan fingerprint density at radius 3 is 2.80 bits per heavy atom. The third kappa shape index (κ3) is 4.29. The summed E-state index contributed by atoms with van der Waals surface area (Å²) in [6, 6.07) is 6.42. The van der Waals surface area contributed by atoms with Crippen LogP contribution in [0.2, 0.25) is 0 Å². The molecule has 1 aromatic carbocycles. The number of primary amides is 1. The summed E-state index contributed by atoms with van der Waals surface area (Å²) >= 11 is 0. The molecule has 0 spiro atoms. The van der Waals surface area contributed by atoms with Gasteiger partial charge in [-0.2, -0.15) is 0 Å². The zero-order valence-corrected chi connectivity index (χ0v) is 14.2. The second kappa shape index (κ2) is 7.55. The van der Waals surface area contributed by atoms with Gasteiger partial charge in [0.1, 0.15) is 0 Å². The molecule has 2 aliphatic rings. The molecular weight excluding hydrogens is 320 g/mol. The molecule has 0 bridgehead atoms. The lowest BCUT2D eigenvalue weighted by Gasteiger charge is -2.34. The normalized spacial score (nSPS) is 20.6. The number of likely N-dealkylation sites (tertiary alicyclic amines) is 2. The minimum Gasteiger partial charge on any atom is -0.366 e. The average molecular weight is 344 g/mol. The van der Waals surface area contributed by atoms with Gasteiger partial charge < -0.3 is 20.9 Å². The molecule has 2 aliphatic heterocycles. The molecule has 2 fully saturated rings. The molecule has 134 valence electrons. The van der Waals surface area contributed by atoms with Crippen molar-refractivity contribution in [1.29, 1.82) is 0 Å². The van der Waals surface area contributed by atoms with Crippen LogP contribution in [-0.4, -0.2) is 53.8 Å². The van der Waals surface area contributed by atoms with Crippen LogP contribution in [0.25, 0.3) is 0 Å². The Hall–Kier alpha value is -2.57. The molecule has 7 heteroatoms. The molecule has 0 unspecified atom stereocenters. The Kier molecular flexibility index (Phi) is 5.21. The molecule has 3 N–H and O–H groups in total. The summed E-state index contributed by atoms with van der Waals surface area (Å²) in [4.78, 5) is 39.2. The van der Waals surface area contributed by atoms with Crippen molar-refractivity contribution in [1.82, 2.24) is 9.80 Å². The van der Waals surface area contributed by atoms with Gasteiger partial charge in [-0.05, 0) is 43.4 Å². The first-order valence-electron chi connectivity index (χ1n) is 8.76. The fourth-order valence-electron chi connectivity index (χ4n) is 3.56. The van der Waals surface area contributed by atoms with E-state index in [-0.39, 0.29) is 11.9 Å². The lowest BCUT2D eigenvalue weighted by Crippen LogP contribution is -2.45. The number of rotatable bonds is 4. The van der Waals surface area contributed by atoms with Crippen LogP contribution in [0.1, 0.15) is 36.0 Å². The van der Waals surface area contributed by atoms with Crippen LogP contribution in [0.15, 0.2) is 24.3 Å². The highest BCUT2D eigenvalue weighted by atomic mass is 16.2. The molecule has 3 rings (SSSR count). The predicted octanol–water partition coefficient (Wildman–Crippen LogP) is 1.65. The van der Waals surface area contributed by atoms with E-state index in [9.17, 15) is 14.4 Å². The lowest BCUT2D eigenvalue weighted by atomic mass is 9.97. The van der Waals surface area contributed by atoms with E-state index < -0.39 is 5.91 Å². The van der Waals surface area contributed by atoms with Crippen LogP contribution in [0, 0.1) is 5.92 Å². The maximum absolute atomic E-state index is 12.5. The maximum Gasteiger partial charge on any atom is 0.321 e. The van der Waals surface area contributed by atoms with Crippen LogP contribution >= 0.6 is 0 Å². The molecule has 7 nitrogen and oxygen atoms in total. The third-order valence-electron chi connectivity index (χ3n) is 4.85. The van der Waals surface area contributed by atoms with E-state index in [0.717, 1.165) is 32.4 Å². The van der Waals surface area contributed by atoms with E-state index in [1.54, 1.807) is 29.2 Å². The topological polar surface area (TPSA) is 95.7 Å². The third-order valence-corrected chi connectivity index (χ3v) is 4.85. The number of carbonyl (C=O) groups excluding carboxylic acids is 3. The van der Waals surface area contributed by atoms with Gasteiger partial charge in [0.05, 0.1) is 0 Å². The molecular formula is C18H24N4O3. The van der Waals surface area contributed by atoms with Crippen LogP contribution < -0.4 is 11.1 Å². The van der Waals surface area contributed by atoms with Crippen molar-refractivity contribution in [2.45, 2.75) is 25.7 Å². The van der Waals surface area contributed by atoms with Crippen LogP contribution in [0.4, 0.5) is 10.5 Å².